The van der Waals surface area contributed by atoms with Crippen LogP contribution in [0.15, 0.2) is 61.1 Å². The number of carbonyl (C=O) groups is 1. The van der Waals surface area contributed by atoms with E-state index in [-0.39, 0.29) is 12.2 Å². The van der Waals surface area contributed by atoms with E-state index in [4.69, 9.17) is 16.3 Å². The monoisotopic (exact) mass is 378 g/mol. The summed E-state index contributed by atoms with van der Waals surface area (Å²) >= 11 is 6.02. The Hall–Kier alpha value is -2.72. The van der Waals surface area contributed by atoms with Gasteiger partial charge >= 0.3 is 0 Å². The molecule has 1 aliphatic rings. The minimum Gasteiger partial charge on any atom is -0.477 e. The Balaban J connectivity index is 1.61. The molecule has 3 aromatic rings. The normalized spacial score (nSPS) is 13.4. The van der Waals surface area contributed by atoms with Crippen LogP contribution in [0.4, 0.5) is 0 Å². The molecule has 1 saturated carbocycles. The first-order valence-electron chi connectivity index (χ1n) is 9.00. The number of aromatic nitrogens is 2. The van der Waals surface area contributed by atoms with Crippen molar-refractivity contribution in [2.75, 3.05) is 6.61 Å². The lowest BCUT2D eigenvalue weighted by atomic mass is 10.0. The second kappa shape index (κ2) is 7.89. The summed E-state index contributed by atoms with van der Waals surface area (Å²) in [6.45, 7) is 0.682. The third kappa shape index (κ3) is 4.52. The van der Waals surface area contributed by atoms with E-state index < -0.39 is 0 Å². The number of ether oxygens (including phenoxy) is 1. The molecule has 2 aromatic heterocycles. The zero-order valence-electron chi connectivity index (χ0n) is 14.8. The summed E-state index contributed by atoms with van der Waals surface area (Å²) in [5.41, 5.74) is 3.28. The molecule has 0 aliphatic heterocycles. The fourth-order valence-electron chi connectivity index (χ4n) is 2.84. The summed E-state index contributed by atoms with van der Waals surface area (Å²) in [6, 6.07) is 13.1. The number of hydrogen-bond acceptors (Lipinski definition) is 4. The third-order valence-corrected chi connectivity index (χ3v) is 4.82. The van der Waals surface area contributed by atoms with Crippen molar-refractivity contribution in [3.8, 4) is 17.0 Å². The standard InChI is InChI=1S/C22H19ClN2O2/c23-19-7-5-17(6-8-19)20-10-16(11-21(26)18-2-1-9-24-13-18)12-25-22(20)27-14-15-3-4-15/h1-2,5-10,12-13,15H,3-4,11,14H2. The molecule has 136 valence electrons. The molecular formula is C22H19ClN2O2. The van der Waals surface area contributed by atoms with Crippen molar-refractivity contribution in [3.63, 3.8) is 0 Å². The van der Waals surface area contributed by atoms with Crippen LogP contribution in [-0.4, -0.2) is 22.4 Å². The molecule has 0 atom stereocenters. The largest absolute Gasteiger partial charge is 0.477 e. The van der Waals surface area contributed by atoms with E-state index >= 15 is 0 Å². The first-order valence-corrected chi connectivity index (χ1v) is 9.38. The smallest absolute Gasteiger partial charge is 0.221 e. The van der Waals surface area contributed by atoms with Gasteiger partial charge in [0.2, 0.25) is 5.88 Å². The minimum atomic E-state index is 0.0126. The number of nitrogens with zero attached hydrogens (tertiary/aromatic N) is 2. The van der Waals surface area contributed by atoms with Crippen LogP contribution in [0.25, 0.3) is 11.1 Å². The highest BCUT2D eigenvalue weighted by atomic mass is 35.5. The van der Waals surface area contributed by atoms with Crippen molar-refractivity contribution in [1.29, 1.82) is 0 Å². The minimum absolute atomic E-state index is 0.0126. The molecule has 0 saturated heterocycles. The summed E-state index contributed by atoms with van der Waals surface area (Å²) in [6.07, 6.45) is 7.66. The van der Waals surface area contributed by atoms with Crippen LogP contribution >= 0.6 is 11.6 Å². The van der Waals surface area contributed by atoms with Crippen LogP contribution in [0.1, 0.15) is 28.8 Å². The third-order valence-electron chi connectivity index (χ3n) is 4.56. The maximum atomic E-state index is 12.5. The van der Waals surface area contributed by atoms with Crippen LogP contribution < -0.4 is 4.74 Å². The molecule has 4 rings (SSSR count). The van der Waals surface area contributed by atoms with E-state index in [9.17, 15) is 4.79 Å². The van der Waals surface area contributed by atoms with Gasteiger partial charge in [-0.05, 0) is 60.2 Å². The Labute approximate surface area is 163 Å². The van der Waals surface area contributed by atoms with Crippen molar-refractivity contribution in [3.05, 3.63) is 77.2 Å². The van der Waals surface area contributed by atoms with Crippen molar-refractivity contribution < 1.29 is 9.53 Å². The van der Waals surface area contributed by atoms with Gasteiger partial charge in [-0.3, -0.25) is 9.78 Å². The molecule has 0 spiro atoms. The number of Topliss-reactive ketones (excluding diaryl/α,β-unsaturated/α-hetero) is 1. The Morgan fingerprint density at radius 3 is 2.67 bits per heavy atom. The van der Waals surface area contributed by atoms with Gasteiger partial charge in [-0.15, -0.1) is 0 Å². The van der Waals surface area contributed by atoms with Gasteiger partial charge in [0.05, 0.1) is 6.61 Å². The fraction of sp³-hybridized carbons (Fsp3) is 0.227. The van der Waals surface area contributed by atoms with Gasteiger partial charge in [0.25, 0.3) is 0 Å². The van der Waals surface area contributed by atoms with E-state index in [1.807, 2.05) is 30.3 Å². The molecule has 0 unspecified atom stereocenters. The molecule has 2 heterocycles. The number of halogens is 1. The predicted octanol–water partition coefficient (Wildman–Crippen LogP) is 5.01. The molecule has 1 aromatic carbocycles. The van der Waals surface area contributed by atoms with E-state index in [1.54, 1.807) is 30.7 Å². The zero-order valence-corrected chi connectivity index (χ0v) is 15.5. The number of hydrogen-bond donors (Lipinski definition) is 0. The molecule has 0 N–H and O–H groups in total. The summed E-state index contributed by atoms with van der Waals surface area (Å²) in [5.74, 6) is 1.25. The number of benzene rings is 1. The summed E-state index contributed by atoms with van der Waals surface area (Å²) in [5, 5.41) is 0.676. The topological polar surface area (TPSA) is 52.1 Å². The predicted molar refractivity (Wildman–Crippen MR) is 105 cm³/mol. The Morgan fingerprint density at radius 1 is 1.15 bits per heavy atom. The highest BCUT2D eigenvalue weighted by molar-refractivity contribution is 6.30. The molecule has 5 heteroatoms. The fourth-order valence-corrected chi connectivity index (χ4v) is 2.97. The van der Waals surface area contributed by atoms with E-state index in [0.29, 0.717) is 29.0 Å². The average molecular weight is 379 g/mol. The molecule has 0 radical (unpaired) electrons. The van der Waals surface area contributed by atoms with Gasteiger partial charge in [-0.25, -0.2) is 4.98 Å². The SMILES string of the molecule is O=C(Cc1cnc(OCC2CC2)c(-c2ccc(Cl)cc2)c1)c1cccnc1. The second-order valence-corrected chi connectivity index (χ2v) is 7.24. The lowest BCUT2D eigenvalue weighted by Crippen LogP contribution is -2.06. The zero-order chi connectivity index (χ0) is 18.6. The van der Waals surface area contributed by atoms with Crippen molar-refractivity contribution >= 4 is 17.4 Å². The summed E-state index contributed by atoms with van der Waals surface area (Å²) < 4.78 is 5.95. The maximum Gasteiger partial charge on any atom is 0.221 e. The highest BCUT2D eigenvalue weighted by Gasteiger charge is 2.23. The first-order chi connectivity index (χ1) is 13.2. The average Bonchev–Trinajstić information content (AvgIpc) is 3.53. The molecule has 1 fully saturated rings. The molecule has 1 aliphatic carbocycles. The molecular weight excluding hydrogens is 360 g/mol. The van der Waals surface area contributed by atoms with Crippen LogP contribution in [-0.2, 0) is 6.42 Å². The van der Waals surface area contributed by atoms with Gasteiger partial charge in [0.1, 0.15) is 0 Å². The molecule has 4 nitrogen and oxygen atoms in total. The van der Waals surface area contributed by atoms with Crippen molar-refractivity contribution in [1.82, 2.24) is 9.97 Å². The number of carbonyl (C=O) groups excluding carboxylic acids is 1. The first kappa shape index (κ1) is 17.7. The Bertz CT molecular complexity index is 938. The lowest BCUT2D eigenvalue weighted by molar-refractivity contribution is 0.0992. The number of pyridine rings is 2. The highest BCUT2D eigenvalue weighted by Crippen LogP contribution is 2.33. The van der Waals surface area contributed by atoms with E-state index in [2.05, 4.69) is 9.97 Å². The van der Waals surface area contributed by atoms with E-state index in [0.717, 1.165) is 16.7 Å². The Morgan fingerprint density at radius 2 is 1.96 bits per heavy atom. The molecule has 27 heavy (non-hydrogen) atoms. The van der Waals surface area contributed by atoms with Crippen molar-refractivity contribution in [2.45, 2.75) is 19.3 Å². The van der Waals surface area contributed by atoms with Gasteiger partial charge < -0.3 is 4.74 Å². The van der Waals surface area contributed by atoms with E-state index in [1.165, 1.54) is 12.8 Å². The second-order valence-electron chi connectivity index (χ2n) is 6.80. The molecule has 0 bridgehead atoms. The van der Waals surface area contributed by atoms with Crippen LogP contribution in [0.3, 0.4) is 0 Å². The van der Waals surface area contributed by atoms with Crippen LogP contribution in [0, 0.1) is 5.92 Å². The lowest BCUT2D eigenvalue weighted by Gasteiger charge is -2.12. The van der Waals surface area contributed by atoms with Gasteiger partial charge in [0.15, 0.2) is 5.78 Å². The van der Waals surface area contributed by atoms with Crippen molar-refractivity contribution in [2.24, 2.45) is 5.92 Å². The van der Waals surface area contributed by atoms with Gasteiger partial charge in [-0.2, -0.15) is 0 Å². The number of ketones is 1. The van der Waals surface area contributed by atoms with Gasteiger partial charge in [-0.1, -0.05) is 23.7 Å². The Kier molecular flexibility index (Phi) is 5.16. The van der Waals surface area contributed by atoms with Gasteiger partial charge in [0, 0.05) is 41.2 Å². The number of rotatable bonds is 7. The quantitative estimate of drug-likeness (QED) is 0.542. The maximum absolute atomic E-state index is 12.5. The van der Waals surface area contributed by atoms with Crippen LogP contribution in [0.2, 0.25) is 5.02 Å². The summed E-state index contributed by atoms with van der Waals surface area (Å²) in [4.78, 5) is 21.0. The molecule has 0 amide bonds. The summed E-state index contributed by atoms with van der Waals surface area (Å²) in [7, 11) is 0. The van der Waals surface area contributed by atoms with Crippen LogP contribution in [0.5, 0.6) is 5.88 Å².